The highest BCUT2D eigenvalue weighted by atomic mass is 79.9. The highest BCUT2D eigenvalue weighted by Gasteiger charge is 2.40. The van der Waals surface area contributed by atoms with Crippen molar-refractivity contribution in [3.8, 4) is 0 Å². The number of ether oxygens (including phenoxy) is 1. The van der Waals surface area contributed by atoms with Crippen molar-refractivity contribution in [1.82, 2.24) is 9.88 Å². The lowest BCUT2D eigenvalue weighted by atomic mass is 10.1. The van der Waals surface area contributed by atoms with Gasteiger partial charge in [-0.1, -0.05) is 6.92 Å². The number of carbonyl (C=O) groups excluding carboxylic acids is 2. The van der Waals surface area contributed by atoms with Crippen molar-refractivity contribution in [2.24, 2.45) is 5.92 Å². The van der Waals surface area contributed by atoms with E-state index in [-0.39, 0.29) is 17.6 Å². The minimum atomic E-state index is -0.609. The average Bonchev–Trinajstić information content (AvgIpc) is 2.83. The lowest BCUT2D eigenvalue weighted by Gasteiger charge is -2.28. The molecule has 0 unspecified atom stereocenters. The fourth-order valence-electron chi connectivity index (χ4n) is 2.58. The first-order chi connectivity index (χ1) is 11.1. The second-order valence-corrected chi connectivity index (χ2v) is 7.98. The van der Waals surface area contributed by atoms with Crippen molar-refractivity contribution in [3.63, 3.8) is 0 Å². The third-order valence-corrected chi connectivity index (χ3v) is 4.02. The van der Waals surface area contributed by atoms with E-state index in [2.05, 4.69) is 26.2 Å². The number of nitrogens with zero attached hydrogens (tertiary/aromatic N) is 2. The van der Waals surface area contributed by atoms with Gasteiger partial charge in [-0.15, -0.1) is 0 Å². The minimum absolute atomic E-state index is 0.214. The molecule has 2 heterocycles. The number of halogens is 1. The molecule has 1 aromatic heterocycles. The Morgan fingerprint density at radius 2 is 2.12 bits per heavy atom. The lowest BCUT2D eigenvalue weighted by molar-refractivity contribution is -0.120. The van der Waals surface area contributed by atoms with Gasteiger partial charge in [0.05, 0.1) is 5.69 Å². The van der Waals surface area contributed by atoms with Crippen LogP contribution in [0.3, 0.4) is 0 Å². The number of hydrogen-bond acceptors (Lipinski definition) is 5. The number of amides is 2. The van der Waals surface area contributed by atoms with Crippen molar-refractivity contribution in [2.75, 3.05) is 17.6 Å². The SMILES string of the molecule is C[C@H]1C[C@@H](C(=O)Nc2cc(Br)cnc2N)N(C(=O)OC(C)(C)C)C1. The molecule has 2 atom stereocenters. The van der Waals surface area contributed by atoms with Crippen LogP contribution >= 0.6 is 15.9 Å². The Labute approximate surface area is 150 Å². The van der Waals surface area contributed by atoms with Crippen LogP contribution in [0.25, 0.3) is 0 Å². The molecule has 0 bridgehead atoms. The van der Waals surface area contributed by atoms with E-state index in [1.54, 1.807) is 33.0 Å². The number of likely N-dealkylation sites (tertiary alicyclic amines) is 1. The quantitative estimate of drug-likeness (QED) is 0.797. The minimum Gasteiger partial charge on any atom is -0.444 e. The van der Waals surface area contributed by atoms with Gasteiger partial charge >= 0.3 is 6.09 Å². The fourth-order valence-corrected chi connectivity index (χ4v) is 2.91. The first kappa shape index (κ1) is 18.5. The number of aromatic nitrogens is 1. The number of hydrogen-bond donors (Lipinski definition) is 2. The van der Waals surface area contributed by atoms with E-state index in [0.717, 1.165) is 0 Å². The first-order valence-electron chi connectivity index (χ1n) is 7.78. The molecule has 0 aromatic carbocycles. The molecule has 132 valence electrons. The summed E-state index contributed by atoms with van der Waals surface area (Å²) in [6.45, 7) is 7.88. The fraction of sp³-hybridized carbons (Fsp3) is 0.562. The highest BCUT2D eigenvalue weighted by Crippen LogP contribution is 2.27. The highest BCUT2D eigenvalue weighted by molar-refractivity contribution is 9.10. The van der Waals surface area contributed by atoms with Crippen LogP contribution in [0, 0.1) is 5.92 Å². The van der Waals surface area contributed by atoms with Gasteiger partial charge in [0.1, 0.15) is 17.5 Å². The first-order valence-corrected chi connectivity index (χ1v) is 8.57. The molecule has 2 amide bonds. The van der Waals surface area contributed by atoms with Crippen LogP contribution in [0.4, 0.5) is 16.3 Å². The average molecular weight is 399 g/mol. The Balaban J connectivity index is 2.14. The molecule has 2 rings (SSSR count). The third kappa shape index (κ3) is 4.59. The molecule has 0 saturated carbocycles. The standard InChI is InChI=1S/C16H23BrN4O3/c1-9-5-12(21(8-9)15(23)24-16(2,3)4)14(22)20-11-6-10(17)7-19-13(11)18/h6-7,9,12H,5,8H2,1-4H3,(H2,18,19)(H,20,22)/t9-,12-/m0/s1. The molecule has 1 saturated heterocycles. The maximum Gasteiger partial charge on any atom is 0.410 e. The third-order valence-electron chi connectivity index (χ3n) is 3.58. The van der Waals surface area contributed by atoms with E-state index in [4.69, 9.17) is 10.5 Å². The Bertz CT molecular complexity index is 645. The molecule has 1 aliphatic heterocycles. The maximum atomic E-state index is 12.6. The predicted molar refractivity (Wildman–Crippen MR) is 95.5 cm³/mol. The second-order valence-electron chi connectivity index (χ2n) is 7.06. The van der Waals surface area contributed by atoms with E-state index < -0.39 is 17.7 Å². The molecule has 0 spiro atoms. The molecule has 0 aliphatic carbocycles. The molecule has 0 radical (unpaired) electrons. The Morgan fingerprint density at radius 1 is 1.46 bits per heavy atom. The summed E-state index contributed by atoms with van der Waals surface area (Å²) < 4.78 is 6.11. The van der Waals surface area contributed by atoms with Crippen molar-refractivity contribution >= 4 is 39.4 Å². The molecule has 1 aliphatic rings. The summed E-state index contributed by atoms with van der Waals surface area (Å²) in [4.78, 5) is 30.5. The van der Waals surface area contributed by atoms with Gasteiger partial charge in [-0.3, -0.25) is 9.69 Å². The molecule has 7 nitrogen and oxygen atoms in total. The Kier molecular flexibility index (Phi) is 5.37. The summed E-state index contributed by atoms with van der Waals surface area (Å²) in [6, 6.07) is 1.09. The molecule has 1 aromatic rings. The van der Waals surface area contributed by atoms with Gasteiger partial charge in [0.25, 0.3) is 0 Å². The molecular formula is C16H23BrN4O3. The van der Waals surface area contributed by atoms with Gasteiger partial charge < -0.3 is 15.8 Å². The van der Waals surface area contributed by atoms with Gasteiger partial charge in [0.2, 0.25) is 5.91 Å². The number of nitrogens with two attached hydrogens (primary N) is 1. The van der Waals surface area contributed by atoms with Crippen LogP contribution < -0.4 is 11.1 Å². The van der Waals surface area contributed by atoms with E-state index in [0.29, 0.717) is 23.1 Å². The Hall–Kier alpha value is -1.83. The van der Waals surface area contributed by atoms with Crippen molar-refractivity contribution in [3.05, 3.63) is 16.7 Å². The van der Waals surface area contributed by atoms with Gasteiger partial charge in [0, 0.05) is 17.2 Å². The van der Waals surface area contributed by atoms with Crippen LogP contribution in [0.2, 0.25) is 0 Å². The number of nitrogens with one attached hydrogen (secondary N) is 1. The number of nitrogen functional groups attached to an aromatic ring is 1. The number of carbonyl (C=O) groups is 2. The Morgan fingerprint density at radius 3 is 2.75 bits per heavy atom. The van der Waals surface area contributed by atoms with Crippen LogP contribution in [-0.4, -0.2) is 40.1 Å². The summed E-state index contributed by atoms with van der Waals surface area (Å²) in [6.07, 6.45) is 1.65. The van der Waals surface area contributed by atoms with Crippen molar-refractivity contribution in [2.45, 2.75) is 45.8 Å². The molecular weight excluding hydrogens is 376 g/mol. The zero-order valence-corrected chi connectivity index (χ0v) is 15.9. The van der Waals surface area contributed by atoms with Gasteiger partial charge in [-0.25, -0.2) is 9.78 Å². The molecule has 8 heteroatoms. The lowest BCUT2D eigenvalue weighted by Crippen LogP contribution is -2.45. The van der Waals surface area contributed by atoms with Gasteiger partial charge in [-0.2, -0.15) is 0 Å². The number of pyridine rings is 1. The molecule has 1 fully saturated rings. The van der Waals surface area contributed by atoms with Crippen molar-refractivity contribution < 1.29 is 14.3 Å². The van der Waals surface area contributed by atoms with Crippen LogP contribution in [0.1, 0.15) is 34.1 Å². The molecule has 24 heavy (non-hydrogen) atoms. The van der Waals surface area contributed by atoms with E-state index >= 15 is 0 Å². The normalized spacial score (nSPS) is 20.8. The van der Waals surface area contributed by atoms with Crippen LogP contribution in [0.5, 0.6) is 0 Å². The topological polar surface area (TPSA) is 97.5 Å². The van der Waals surface area contributed by atoms with E-state index in [9.17, 15) is 9.59 Å². The van der Waals surface area contributed by atoms with E-state index in [1.165, 1.54) is 4.90 Å². The largest absolute Gasteiger partial charge is 0.444 e. The smallest absolute Gasteiger partial charge is 0.410 e. The monoisotopic (exact) mass is 398 g/mol. The van der Waals surface area contributed by atoms with E-state index in [1.807, 2.05) is 6.92 Å². The zero-order chi connectivity index (χ0) is 18.1. The maximum absolute atomic E-state index is 12.6. The van der Waals surface area contributed by atoms with Crippen molar-refractivity contribution in [1.29, 1.82) is 0 Å². The van der Waals surface area contributed by atoms with Crippen LogP contribution in [-0.2, 0) is 9.53 Å². The van der Waals surface area contributed by atoms with Gasteiger partial charge in [-0.05, 0) is 55.1 Å². The summed E-state index contributed by atoms with van der Waals surface area (Å²) >= 11 is 3.29. The summed E-state index contributed by atoms with van der Waals surface area (Å²) in [7, 11) is 0. The molecule has 3 N–H and O–H groups in total. The zero-order valence-electron chi connectivity index (χ0n) is 14.3. The van der Waals surface area contributed by atoms with Gasteiger partial charge in [0.15, 0.2) is 0 Å². The predicted octanol–water partition coefficient (Wildman–Crippen LogP) is 3.01. The number of rotatable bonds is 2. The summed E-state index contributed by atoms with van der Waals surface area (Å²) in [5.41, 5.74) is 5.60. The number of anilines is 2. The van der Waals surface area contributed by atoms with Crippen LogP contribution in [0.15, 0.2) is 16.7 Å². The second kappa shape index (κ2) is 6.96. The summed E-state index contributed by atoms with van der Waals surface area (Å²) in [5.74, 6) is 0.143. The summed E-state index contributed by atoms with van der Waals surface area (Å²) in [5, 5.41) is 2.76.